The predicted octanol–water partition coefficient (Wildman–Crippen LogP) is 1.52. The summed E-state index contributed by atoms with van der Waals surface area (Å²) >= 11 is -0.472. The van der Waals surface area contributed by atoms with Gasteiger partial charge in [0.25, 0.3) is 0 Å². The van der Waals surface area contributed by atoms with E-state index < -0.39 is 28.4 Å². The zero-order valence-corrected chi connectivity index (χ0v) is 12.8. The quantitative estimate of drug-likeness (QED) is 0.575. The first-order valence-electron chi connectivity index (χ1n) is 3.73. The fourth-order valence-electron chi connectivity index (χ4n) is 0.273. The van der Waals surface area contributed by atoms with Gasteiger partial charge in [0.15, 0.2) is 0 Å². The molecule has 0 aliphatic heterocycles. The van der Waals surface area contributed by atoms with E-state index in [1.165, 1.54) is 14.2 Å². The predicted molar refractivity (Wildman–Crippen MR) is 56.2 cm³/mol. The van der Waals surface area contributed by atoms with Crippen LogP contribution in [0.1, 0.15) is 12.8 Å². The average molecular weight is 464 g/mol. The van der Waals surface area contributed by atoms with Gasteiger partial charge in [0.05, 0.1) is 26.4 Å². The number of nitriles is 2. The number of carbonyl (C=O) groups excluding carboxylic acids is 2. The van der Waals surface area contributed by atoms with Crippen LogP contribution in [0.15, 0.2) is 0 Å². The molecule has 0 aromatic carbocycles. The number of halogens is 2. The number of nitrogens with zero attached hydrogens (tertiary/aromatic N) is 2. The van der Waals surface area contributed by atoms with Gasteiger partial charge in [-0.15, -0.1) is 0 Å². The Balaban J connectivity index is -0.000000188. The topological polar surface area (TPSA) is 100 Å². The molecule has 0 bridgehead atoms. The summed E-state index contributed by atoms with van der Waals surface area (Å²) in [6.07, 6.45) is -0.312. The molecule has 0 fully saturated rings. The van der Waals surface area contributed by atoms with E-state index in [0.29, 0.717) is 0 Å². The van der Waals surface area contributed by atoms with E-state index in [9.17, 15) is 9.59 Å². The van der Waals surface area contributed by atoms with Gasteiger partial charge in [0.2, 0.25) is 0 Å². The van der Waals surface area contributed by atoms with E-state index in [1.54, 1.807) is 12.1 Å². The third kappa shape index (κ3) is 31.3. The number of ether oxygens (including phenoxy) is 2. The molecule has 0 atom stereocenters. The molecule has 17 heavy (non-hydrogen) atoms. The molecular weight excluding hydrogens is 454 g/mol. The Morgan fingerprint density at radius 1 is 1.06 bits per heavy atom. The van der Waals surface area contributed by atoms with Crippen LogP contribution in [-0.4, -0.2) is 26.2 Å². The Kier molecular flexibility index (Phi) is 26.0. The van der Waals surface area contributed by atoms with Crippen molar-refractivity contribution in [3.05, 3.63) is 0 Å². The summed E-state index contributed by atoms with van der Waals surface area (Å²) in [5.74, 6) is -0.968. The van der Waals surface area contributed by atoms with Gasteiger partial charge in [0, 0.05) is 0 Å². The van der Waals surface area contributed by atoms with Crippen LogP contribution in [0.5, 0.6) is 0 Å². The van der Waals surface area contributed by atoms with Crippen LogP contribution < -0.4 is 0 Å². The SMILES string of the molecule is COC(=O)CC#N.COC(=O)CC#N.[Cl][Pt][Cl]. The fraction of sp³-hybridized carbons (Fsp3) is 0.500. The minimum absolute atomic E-state index is 0.156. The normalized spacial score (nSPS) is 6.94. The van der Waals surface area contributed by atoms with Crippen LogP contribution in [0, 0.1) is 22.7 Å². The van der Waals surface area contributed by atoms with Crippen molar-refractivity contribution >= 4 is 30.8 Å². The van der Waals surface area contributed by atoms with Crippen molar-refractivity contribution in [3.8, 4) is 12.1 Å². The number of esters is 2. The molecule has 100 valence electrons. The van der Waals surface area contributed by atoms with E-state index in [4.69, 9.17) is 29.4 Å². The third-order valence-electron chi connectivity index (χ3n) is 0.902. The van der Waals surface area contributed by atoms with E-state index >= 15 is 0 Å². The van der Waals surface area contributed by atoms with Crippen molar-refractivity contribution in [2.45, 2.75) is 12.8 Å². The van der Waals surface area contributed by atoms with Gasteiger partial charge in [-0.2, -0.15) is 10.5 Å². The third-order valence-corrected chi connectivity index (χ3v) is 0.902. The molecule has 6 nitrogen and oxygen atoms in total. The molecule has 0 spiro atoms. The second kappa shape index (κ2) is 20.6. The van der Waals surface area contributed by atoms with E-state index in [1.807, 2.05) is 0 Å². The molecule has 0 amide bonds. The maximum atomic E-state index is 9.97. The number of rotatable bonds is 2. The van der Waals surface area contributed by atoms with E-state index in [-0.39, 0.29) is 12.8 Å². The summed E-state index contributed by atoms with van der Waals surface area (Å²) in [4.78, 5) is 19.9. The number of hydrogen-bond acceptors (Lipinski definition) is 6. The Labute approximate surface area is 116 Å². The van der Waals surface area contributed by atoms with E-state index in [0.717, 1.165) is 0 Å². The molecule has 0 aliphatic carbocycles. The van der Waals surface area contributed by atoms with Crippen molar-refractivity contribution in [3.63, 3.8) is 0 Å². The summed E-state index contributed by atoms with van der Waals surface area (Å²) in [5.41, 5.74) is 0. The maximum absolute atomic E-state index is 9.97. The van der Waals surface area contributed by atoms with Gasteiger partial charge in [-0.25, -0.2) is 0 Å². The fourth-order valence-corrected chi connectivity index (χ4v) is 0.273. The van der Waals surface area contributed by atoms with Crippen molar-refractivity contribution in [1.82, 2.24) is 0 Å². The second-order valence-corrected chi connectivity index (χ2v) is 5.15. The first kappa shape index (κ1) is 21.5. The summed E-state index contributed by atoms with van der Waals surface area (Å²) in [7, 11) is 12.2. The van der Waals surface area contributed by atoms with Crippen LogP contribution in [-0.2, 0) is 35.5 Å². The number of methoxy groups -OCH3 is 2. The standard InChI is InChI=1S/2C4H5NO2.2ClH.Pt/c2*1-7-4(6)2-3-5;;;/h2*2H2,1H3;2*1H;/q;;;;+2/p-2. The van der Waals surface area contributed by atoms with Crippen LogP contribution >= 0.6 is 18.8 Å². The van der Waals surface area contributed by atoms with Crippen molar-refractivity contribution in [1.29, 1.82) is 10.5 Å². The van der Waals surface area contributed by atoms with Crippen LogP contribution in [0.3, 0.4) is 0 Å². The zero-order chi connectivity index (χ0) is 14.1. The Morgan fingerprint density at radius 3 is 1.35 bits per heavy atom. The zero-order valence-electron chi connectivity index (χ0n) is 9.01. The van der Waals surface area contributed by atoms with Crippen molar-refractivity contribution in [2.75, 3.05) is 14.2 Å². The average Bonchev–Trinajstić information content (AvgIpc) is 2.31. The minimum atomic E-state index is -0.484. The summed E-state index contributed by atoms with van der Waals surface area (Å²) < 4.78 is 8.26. The molecule has 0 aromatic rings. The van der Waals surface area contributed by atoms with Gasteiger partial charge in [-0.1, -0.05) is 0 Å². The molecule has 0 unspecified atom stereocenters. The molecule has 0 aromatic heterocycles. The number of carbonyl (C=O) groups is 2. The first-order valence-corrected chi connectivity index (χ1v) is 9.36. The molecule has 0 saturated carbocycles. The Bertz CT molecular complexity index is 260. The van der Waals surface area contributed by atoms with Crippen LogP contribution in [0.2, 0.25) is 0 Å². The molecule has 0 saturated heterocycles. The van der Waals surface area contributed by atoms with Crippen molar-refractivity contribution < 1.29 is 35.5 Å². The van der Waals surface area contributed by atoms with Gasteiger partial charge in [0.1, 0.15) is 12.8 Å². The van der Waals surface area contributed by atoms with Gasteiger partial charge in [-0.05, 0) is 0 Å². The Morgan fingerprint density at radius 2 is 1.29 bits per heavy atom. The first-order chi connectivity index (χ1) is 8.03. The van der Waals surface area contributed by atoms with Crippen LogP contribution in [0.25, 0.3) is 0 Å². The summed E-state index contributed by atoms with van der Waals surface area (Å²) in [6.45, 7) is 0. The van der Waals surface area contributed by atoms with Gasteiger partial charge in [-0.3, -0.25) is 9.59 Å². The molecule has 0 aliphatic rings. The van der Waals surface area contributed by atoms with Gasteiger partial charge < -0.3 is 9.47 Å². The van der Waals surface area contributed by atoms with Crippen molar-refractivity contribution in [2.24, 2.45) is 0 Å². The summed E-state index contributed by atoms with van der Waals surface area (Å²) in [5, 5.41) is 15.6. The number of hydrogen-bond donors (Lipinski definition) is 0. The molecule has 9 heteroatoms. The molecule has 0 rings (SSSR count). The Hall–Kier alpha value is -0.812. The summed E-state index contributed by atoms with van der Waals surface area (Å²) in [6, 6.07) is 3.29. The second-order valence-electron chi connectivity index (χ2n) is 1.87. The molecule has 0 N–H and O–H groups in total. The molecule has 0 radical (unpaired) electrons. The molecular formula is C8H10Cl2N2O4Pt. The monoisotopic (exact) mass is 463 g/mol. The molecule has 0 heterocycles. The van der Waals surface area contributed by atoms with Gasteiger partial charge >= 0.3 is 47.3 Å². The van der Waals surface area contributed by atoms with Crippen LogP contribution in [0.4, 0.5) is 0 Å². The van der Waals surface area contributed by atoms with E-state index in [2.05, 4.69) is 9.47 Å².